The number of hydrogen-bond donors (Lipinski definition) is 1. The fraction of sp³-hybridized carbons (Fsp3) is 0.524. The molecular weight excluding hydrogens is 621 g/mol. The normalized spacial score (nSPS) is 24.2. The number of ketones is 1. The molecule has 0 aromatic heterocycles. The Hall–Kier alpha value is -3.61. The maximum absolute atomic E-state index is 14.0. The number of rotatable bonds is 6. The molecule has 2 saturated carbocycles. The monoisotopic (exact) mass is 671 g/mol. The Bertz CT molecular complexity index is 1810. The molecule has 2 aromatic rings. The lowest BCUT2D eigenvalue weighted by atomic mass is 9.77. The van der Waals surface area contributed by atoms with Gasteiger partial charge in [-0.25, -0.2) is 0 Å². The van der Waals surface area contributed by atoms with Crippen LogP contribution in [-0.4, -0.2) is 34.3 Å². The second kappa shape index (κ2) is 12.3. The van der Waals surface area contributed by atoms with Gasteiger partial charge in [-0.2, -0.15) is 17.7 Å². The lowest BCUT2D eigenvalue weighted by molar-refractivity contribution is -0.447. The number of carbonyl (C=O) groups excluding carboxylic acids is 1. The zero-order chi connectivity index (χ0) is 34.9. The summed E-state index contributed by atoms with van der Waals surface area (Å²) in [6.07, 6.45) is 11.0. The van der Waals surface area contributed by atoms with Crippen LogP contribution in [0.2, 0.25) is 0 Å². The van der Waals surface area contributed by atoms with Crippen molar-refractivity contribution < 1.29 is 27.6 Å². The number of carbonyl (C=O) groups is 1. The van der Waals surface area contributed by atoms with Gasteiger partial charge in [-0.15, -0.1) is 0 Å². The van der Waals surface area contributed by atoms with Gasteiger partial charge in [0.2, 0.25) is 11.5 Å². The summed E-state index contributed by atoms with van der Waals surface area (Å²) in [5, 5.41) is 11.6. The summed E-state index contributed by atoms with van der Waals surface area (Å²) in [5.74, 6) is 0.730. The predicted molar refractivity (Wildman–Crippen MR) is 190 cm³/mol. The fourth-order valence-electron chi connectivity index (χ4n) is 9.19. The number of fused-ring (bicyclic) bond motifs is 2. The summed E-state index contributed by atoms with van der Waals surface area (Å²) in [4.78, 5) is 16.4. The van der Waals surface area contributed by atoms with Crippen molar-refractivity contribution in [2.75, 3.05) is 18.0 Å². The lowest BCUT2D eigenvalue weighted by Crippen LogP contribution is -2.34. The van der Waals surface area contributed by atoms with E-state index in [1.807, 2.05) is 19.9 Å². The average Bonchev–Trinajstić information content (AvgIpc) is 3.40. The summed E-state index contributed by atoms with van der Waals surface area (Å²) < 4.78 is 43.7. The number of aliphatic hydroxyl groups excluding tert-OH is 1. The van der Waals surface area contributed by atoms with Gasteiger partial charge in [0.1, 0.15) is 5.76 Å². The molecule has 3 aliphatic carbocycles. The van der Waals surface area contributed by atoms with Gasteiger partial charge in [0.05, 0.1) is 22.1 Å². The number of alkyl halides is 3. The molecule has 0 unspecified atom stereocenters. The molecule has 0 radical (unpaired) electrons. The van der Waals surface area contributed by atoms with Crippen LogP contribution in [-0.2, 0) is 21.8 Å². The van der Waals surface area contributed by atoms with Gasteiger partial charge < -0.3 is 10.0 Å². The first-order valence-electron chi connectivity index (χ1n) is 18.4. The van der Waals surface area contributed by atoms with E-state index < -0.39 is 17.2 Å². The Labute approximate surface area is 289 Å². The van der Waals surface area contributed by atoms with Gasteiger partial charge in [-0.3, -0.25) is 4.79 Å². The number of hydrogen-bond acceptors (Lipinski definition) is 3. The highest BCUT2D eigenvalue weighted by Gasteiger charge is 2.49. The van der Waals surface area contributed by atoms with E-state index in [0.717, 1.165) is 55.4 Å². The molecule has 2 aromatic carbocycles. The summed E-state index contributed by atoms with van der Waals surface area (Å²) in [6, 6.07) is 10.6. The van der Waals surface area contributed by atoms with Crippen LogP contribution >= 0.6 is 0 Å². The highest BCUT2D eigenvalue weighted by Crippen LogP contribution is 2.51. The number of anilines is 1. The standard InChI is InChI=1S/C42H49F3N2O2/c1-26-16-18-34-32(20-26)40(2,3)36(46(34)24-27-12-8-6-9-13-27)22-30-38(48)31(39(30)49)23-37-41(4,5)33-21-29(42(43,44)45)17-19-35(33)47(37)25-28-14-10-7-11-15-28/h16-23,27-28H,6-15,24-25H2,1-5H3/p+1. The van der Waals surface area contributed by atoms with E-state index in [0.29, 0.717) is 29.5 Å². The van der Waals surface area contributed by atoms with E-state index in [4.69, 9.17) is 0 Å². The van der Waals surface area contributed by atoms with Crippen molar-refractivity contribution in [2.24, 2.45) is 11.8 Å². The highest BCUT2D eigenvalue weighted by atomic mass is 19.4. The third-order valence-corrected chi connectivity index (χ3v) is 12.2. The van der Waals surface area contributed by atoms with Crippen LogP contribution < -0.4 is 4.90 Å². The molecule has 0 bridgehead atoms. The average molecular weight is 672 g/mol. The Kier molecular flexibility index (Phi) is 8.51. The number of allylic oxidation sites excluding steroid dienone is 5. The minimum Gasteiger partial charge on any atom is -0.506 e. The molecule has 0 amide bonds. The summed E-state index contributed by atoms with van der Waals surface area (Å²) in [7, 11) is 0. The van der Waals surface area contributed by atoms with Crippen molar-refractivity contribution in [1.82, 2.24) is 0 Å². The number of Topliss-reactive ketones (excluding diaryl/α,β-unsaturated/α-hetero) is 1. The third-order valence-electron chi connectivity index (χ3n) is 12.2. The maximum Gasteiger partial charge on any atom is 0.416 e. The fourth-order valence-corrected chi connectivity index (χ4v) is 9.19. The molecule has 4 nitrogen and oxygen atoms in total. The van der Waals surface area contributed by atoms with Crippen LogP contribution in [0.1, 0.15) is 114 Å². The van der Waals surface area contributed by atoms with Crippen molar-refractivity contribution in [3.05, 3.63) is 93.4 Å². The molecule has 5 aliphatic rings. The highest BCUT2D eigenvalue weighted by molar-refractivity contribution is 6.24. The van der Waals surface area contributed by atoms with E-state index in [1.54, 1.807) is 12.1 Å². The zero-order valence-electron chi connectivity index (χ0n) is 29.6. The number of nitrogens with zero attached hydrogens (tertiary/aromatic N) is 2. The summed E-state index contributed by atoms with van der Waals surface area (Å²) in [6.45, 7) is 11.9. The first-order valence-corrected chi connectivity index (χ1v) is 18.4. The van der Waals surface area contributed by atoms with Crippen LogP contribution in [0.5, 0.6) is 0 Å². The largest absolute Gasteiger partial charge is 0.506 e. The van der Waals surface area contributed by atoms with Gasteiger partial charge in [0.15, 0.2) is 12.3 Å². The van der Waals surface area contributed by atoms with Crippen LogP contribution in [0.15, 0.2) is 71.2 Å². The third kappa shape index (κ3) is 5.89. The van der Waals surface area contributed by atoms with E-state index in [2.05, 4.69) is 48.4 Å². The topological polar surface area (TPSA) is 43.6 Å². The Morgan fingerprint density at radius 3 is 2.14 bits per heavy atom. The van der Waals surface area contributed by atoms with Crippen LogP contribution in [0, 0.1) is 18.8 Å². The molecule has 49 heavy (non-hydrogen) atoms. The smallest absolute Gasteiger partial charge is 0.416 e. The van der Waals surface area contributed by atoms with E-state index in [-0.39, 0.29) is 22.5 Å². The van der Waals surface area contributed by atoms with Crippen molar-refractivity contribution in [2.45, 2.75) is 116 Å². The van der Waals surface area contributed by atoms with E-state index >= 15 is 0 Å². The molecule has 0 spiro atoms. The molecule has 2 heterocycles. The van der Waals surface area contributed by atoms with Crippen molar-refractivity contribution in [3.8, 4) is 0 Å². The van der Waals surface area contributed by atoms with Gasteiger partial charge in [0, 0.05) is 47.0 Å². The Balaban J connectivity index is 1.29. The van der Waals surface area contributed by atoms with Crippen molar-refractivity contribution in [3.63, 3.8) is 0 Å². The summed E-state index contributed by atoms with van der Waals surface area (Å²) in [5.41, 5.74) is 5.44. The molecule has 260 valence electrons. The summed E-state index contributed by atoms with van der Waals surface area (Å²) >= 11 is 0. The quantitative estimate of drug-likeness (QED) is 0.246. The molecule has 2 fully saturated rings. The van der Waals surface area contributed by atoms with E-state index in [1.165, 1.54) is 61.4 Å². The first-order chi connectivity index (χ1) is 23.2. The van der Waals surface area contributed by atoms with Crippen molar-refractivity contribution >= 4 is 22.9 Å². The van der Waals surface area contributed by atoms with Crippen LogP contribution in [0.3, 0.4) is 0 Å². The Morgan fingerprint density at radius 2 is 1.51 bits per heavy atom. The maximum atomic E-state index is 14.0. The second-order valence-corrected chi connectivity index (χ2v) is 16.3. The number of aliphatic hydroxyl groups is 1. The molecule has 2 aliphatic heterocycles. The van der Waals surface area contributed by atoms with Gasteiger partial charge in [-0.1, -0.05) is 70.1 Å². The molecule has 1 N–H and O–H groups in total. The SMILES string of the molecule is Cc1ccc2c(c1)C(C)(C)/C(=C/C1=C(O)C(=C\C3=[N+](CC4CCCCC4)c4ccc(C(F)(F)F)cc4C3(C)C)/C1=O)N2CC1CCCCC1. The van der Waals surface area contributed by atoms with Crippen molar-refractivity contribution in [1.29, 1.82) is 0 Å². The number of halogens is 3. The zero-order valence-corrected chi connectivity index (χ0v) is 29.6. The van der Waals surface area contributed by atoms with Gasteiger partial charge in [-0.05, 0) is 82.2 Å². The lowest BCUT2D eigenvalue weighted by Gasteiger charge is -2.33. The molecule has 0 saturated heterocycles. The van der Waals surface area contributed by atoms with Gasteiger partial charge in [0.25, 0.3) is 0 Å². The predicted octanol–water partition coefficient (Wildman–Crippen LogP) is 10.6. The first kappa shape index (κ1) is 33.9. The van der Waals surface area contributed by atoms with Gasteiger partial charge >= 0.3 is 6.18 Å². The molecule has 7 heteroatoms. The minimum atomic E-state index is -4.45. The molecule has 7 rings (SSSR count). The Morgan fingerprint density at radius 1 is 0.857 bits per heavy atom. The molecule has 0 atom stereocenters. The van der Waals surface area contributed by atoms with E-state index in [9.17, 15) is 23.1 Å². The second-order valence-electron chi connectivity index (χ2n) is 16.3. The number of benzene rings is 2. The van der Waals surface area contributed by atoms with Crippen LogP contribution in [0.25, 0.3) is 0 Å². The van der Waals surface area contributed by atoms with Crippen LogP contribution in [0.4, 0.5) is 24.5 Å². The minimum absolute atomic E-state index is 0.0362. The number of aryl methyl sites for hydroxylation is 1. The molecular formula is C42H50F3N2O2+.